The Morgan fingerprint density at radius 2 is 1.05 bits per heavy atom. The largest absolute Gasteiger partial charge is 0.444 e. The summed E-state index contributed by atoms with van der Waals surface area (Å²) in [5.74, 6) is -0.0975. The molecule has 4 aliphatic heterocycles. The van der Waals surface area contributed by atoms with Crippen molar-refractivity contribution in [3.8, 4) is 0 Å². The number of carbonyl (C=O) groups is 3. The first kappa shape index (κ1) is 54.2. The Morgan fingerprint density at radius 3 is 1.48 bits per heavy atom. The van der Waals surface area contributed by atoms with Crippen molar-refractivity contribution in [3.05, 3.63) is 167 Å². The highest BCUT2D eigenvalue weighted by molar-refractivity contribution is 6.08. The molecule has 10 rings (SSSR count). The molecule has 404 valence electrons. The van der Waals surface area contributed by atoms with Gasteiger partial charge in [-0.05, 0) is 155 Å². The monoisotopic (exact) mass is 1050 g/mol. The molecule has 6 aromatic rings. The molecule has 0 unspecified atom stereocenters. The van der Waals surface area contributed by atoms with Crippen LogP contribution in [0.1, 0.15) is 117 Å². The molecule has 0 bridgehead atoms. The average Bonchev–Trinajstić information content (AvgIpc) is 3.86. The zero-order valence-electron chi connectivity index (χ0n) is 45.3. The van der Waals surface area contributed by atoms with Gasteiger partial charge in [0.2, 0.25) is 0 Å². The van der Waals surface area contributed by atoms with Crippen molar-refractivity contribution in [3.63, 3.8) is 0 Å². The van der Waals surface area contributed by atoms with E-state index >= 15 is 0 Å². The van der Waals surface area contributed by atoms with Crippen molar-refractivity contribution in [1.82, 2.24) is 20.2 Å². The van der Waals surface area contributed by atoms with Gasteiger partial charge in [-0.15, -0.1) is 0 Å². The number of piperidine rings is 2. The standard InChI is InChI=1S/C33H40FN5O3.C28H32FN5O/c1-32(2,3)42-31(41)38-17-14-25(15-18-38)39-21-33(4,5)27-13-12-24(19-28(27)39)37-30(40)26-7-6-16-35-29(26)36-20-22-8-10-23(34)11-9-22;1-28(2)18-34(22-11-14-30-15-12-22)25-16-21(9-10-24(25)28)33-27(35)23-4-3-13-31-26(23)32-17-19-5-7-20(29)8-6-19/h6-13,16,19,25H,14-15,17-18,20-21H2,1-5H3,(H,35,36)(H,37,40);3-10,13,16,22,30H,11-12,14-15,17-18H2,1-2H3,(H,31,32)(H,33,35). The minimum absolute atomic E-state index is 0.0407. The highest BCUT2D eigenvalue weighted by Gasteiger charge is 2.41. The lowest BCUT2D eigenvalue weighted by molar-refractivity contribution is 0.0204. The fourth-order valence-electron chi connectivity index (χ4n) is 10.9. The molecule has 6 heterocycles. The summed E-state index contributed by atoms with van der Waals surface area (Å²) >= 11 is 0. The van der Waals surface area contributed by atoms with E-state index in [9.17, 15) is 23.2 Å². The van der Waals surface area contributed by atoms with Crippen molar-refractivity contribution in [2.45, 2.75) is 116 Å². The number of hydrogen-bond donors (Lipinski definition) is 5. The van der Waals surface area contributed by atoms with Crippen LogP contribution in [0.15, 0.2) is 122 Å². The molecule has 0 saturated carbocycles. The molecular formula is C61H72F2N10O4. The Balaban J connectivity index is 0.000000191. The molecule has 16 heteroatoms. The zero-order chi connectivity index (χ0) is 54.5. The number of rotatable bonds is 12. The number of pyridine rings is 2. The van der Waals surface area contributed by atoms with Crippen molar-refractivity contribution in [1.29, 1.82) is 0 Å². The van der Waals surface area contributed by atoms with Crippen molar-refractivity contribution < 1.29 is 27.9 Å². The van der Waals surface area contributed by atoms with E-state index in [-0.39, 0.29) is 46.4 Å². The number of likely N-dealkylation sites (tertiary alicyclic amines) is 1. The first-order valence-corrected chi connectivity index (χ1v) is 26.8. The first-order chi connectivity index (χ1) is 36.8. The van der Waals surface area contributed by atoms with Gasteiger partial charge in [-0.1, -0.05) is 64.1 Å². The molecule has 77 heavy (non-hydrogen) atoms. The molecule has 0 spiro atoms. The minimum Gasteiger partial charge on any atom is -0.444 e. The fraction of sp³-hybridized carbons (Fsp3) is 0.393. The summed E-state index contributed by atoms with van der Waals surface area (Å²) < 4.78 is 32.0. The van der Waals surface area contributed by atoms with E-state index in [1.807, 2.05) is 32.9 Å². The first-order valence-electron chi connectivity index (χ1n) is 26.8. The van der Waals surface area contributed by atoms with E-state index in [0.29, 0.717) is 60.7 Å². The minimum atomic E-state index is -0.512. The smallest absolute Gasteiger partial charge is 0.410 e. The molecule has 0 aliphatic carbocycles. The number of nitrogens with one attached hydrogen (secondary N) is 5. The normalized spacial score (nSPS) is 16.9. The highest BCUT2D eigenvalue weighted by Crippen LogP contribution is 2.45. The maximum Gasteiger partial charge on any atom is 0.410 e. The van der Waals surface area contributed by atoms with Gasteiger partial charge in [0, 0.05) is 97.3 Å². The lowest BCUT2D eigenvalue weighted by atomic mass is 9.87. The predicted molar refractivity (Wildman–Crippen MR) is 302 cm³/mol. The molecule has 14 nitrogen and oxygen atoms in total. The second kappa shape index (κ2) is 22.9. The number of halogens is 2. The number of aromatic nitrogens is 2. The lowest BCUT2D eigenvalue weighted by Gasteiger charge is -2.39. The second-order valence-electron chi connectivity index (χ2n) is 22.8. The summed E-state index contributed by atoms with van der Waals surface area (Å²) in [5, 5.41) is 16.0. The van der Waals surface area contributed by atoms with Gasteiger partial charge < -0.3 is 46.0 Å². The maximum absolute atomic E-state index is 13.4. The van der Waals surface area contributed by atoms with Crippen LogP contribution in [0.4, 0.5) is 48.0 Å². The number of amides is 3. The van der Waals surface area contributed by atoms with E-state index in [4.69, 9.17) is 4.74 Å². The third-order valence-corrected chi connectivity index (χ3v) is 14.9. The Kier molecular flexibility index (Phi) is 16.1. The van der Waals surface area contributed by atoms with Gasteiger partial charge in [0.1, 0.15) is 28.9 Å². The van der Waals surface area contributed by atoms with E-state index in [1.165, 1.54) is 41.1 Å². The number of hydrogen-bond acceptors (Lipinski definition) is 11. The van der Waals surface area contributed by atoms with Crippen LogP contribution in [0, 0.1) is 11.6 Å². The van der Waals surface area contributed by atoms with Crippen LogP contribution < -0.4 is 36.4 Å². The number of anilines is 6. The summed E-state index contributed by atoms with van der Waals surface area (Å²) in [5.41, 5.74) is 8.60. The Hall–Kier alpha value is -7.59. The summed E-state index contributed by atoms with van der Waals surface area (Å²) in [6.07, 6.45) is 6.99. The zero-order valence-corrected chi connectivity index (χ0v) is 45.3. The average molecular weight is 1050 g/mol. The third kappa shape index (κ3) is 13.2. The van der Waals surface area contributed by atoms with Crippen LogP contribution in [0.3, 0.4) is 0 Å². The lowest BCUT2D eigenvalue weighted by Crippen LogP contribution is -2.48. The van der Waals surface area contributed by atoms with Gasteiger partial charge in [0.25, 0.3) is 11.8 Å². The van der Waals surface area contributed by atoms with Crippen LogP contribution in [0.2, 0.25) is 0 Å². The topological polar surface area (TPSA) is 156 Å². The molecule has 2 aromatic heterocycles. The van der Waals surface area contributed by atoms with E-state index in [2.05, 4.69) is 98.3 Å². The quantitative estimate of drug-likeness (QED) is 0.0795. The highest BCUT2D eigenvalue weighted by atomic mass is 19.1. The summed E-state index contributed by atoms with van der Waals surface area (Å²) in [6, 6.07) is 32.6. The molecule has 4 aromatic carbocycles. The molecule has 5 N–H and O–H groups in total. The van der Waals surface area contributed by atoms with E-state index in [1.54, 1.807) is 65.8 Å². The Labute approximate surface area is 451 Å². The maximum atomic E-state index is 13.4. The molecule has 2 saturated heterocycles. The van der Waals surface area contributed by atoms with Crippen molar-refractivity contribution >= 4 is 52.3 Å². The summed E-state index contributed by atoms with van der Waals surface area (Å²) in [7, 11) is 0. The van der Waals surface area contributed by atoms with Gasteiger partial charge in [-0.25, -0.2) is 23.5 Å². The Bertz CT molecular complexity index is 3060. The number of fused-ring (bicyclic) bond motifs is 2. The van der Waals surface area contributed by atoms with Crippen LogP contribution >= 0.6 is 0 Å². The molecule has 2 fully saturated rings. The fourth-order valence-corrected chi connectivity index (χ4v) is 10.9. The van der Waals surface area contributed by atoms with Crippen LogP contribution in [-0.2, 0) is 28.7 Å². The molecule has 4 aliphatic rings. The number of benzene rings is 4. The molecular weight excluding hydrogens is 975 g/mol. The van der Waals surface area contributed by atoms with Crippen LogP contribution in [0.5, 0.6) is 0 Å². The molecule has 0 radical (unpaired) electrons. The third-order valence-electron chi connectivity index (χ3n) is 14.9. The SMILES string of the molecule is CC(C)(C)OC(=O)N1CCC(N2CC(C)(C)c3ccc(NC(=O)c4cccnc4NCc4ccc(F)cc4)cc32)CC1.CC1(C)CN(C2CCNCC2)c2cc(NC(=O)c3cccnc3NCc3ccc(F)cc3)ccc21. The van der Waals surface area contributed by atoms with E-state index < -0.39 is 5.60 Å². The molecule has 0 atom stereocenters. The summed E-state index contributed by atoms with van der Waals surface area (Å²) in [4.78, 5) is 54.7. The van der Waals surface area contributed by atoms with Gasteiger partial charge in [-0.2, -0.15) is 0 Å². The number of nitrogens with zero attached hydrogens (tertiary/aromatic N) is 5. The number of ether oxygens (including phenoxy) is 1. The van der Waals surface area contributed by atoms with Crippen molar-refractivity contribution in [2.24, 2.45) is 0 Å². The van der Waals surface area contributed by atoms with Gasteiger partial charge in [-0.3, -0.25) is 9.59 Å². The summed E-state index contributed by atoms with van der Waals surface area (Å²) in [6.45, 7) is 20.8. The molecule has 3 amide bonds. The Morgan fingerprint density at radius 1 is 0.623 bits per heavy atom. The van der Waals surface area contributed by atoms with Crippen LogP contribution in [0.25, 0.3) is 0 Å². The predicted octanol–water partition coefficient (Wildman–Crippen LogP) is 11.5. The van der Waals surface area contributed by atoms with Gasteiger partial charge in [0.05, 0.1) is 11.1 Å². The van der Waals surface area contributed by atoms with E-state index in [0.717, 1.165) is 74.4 Å². The number of carbonyl (C=O) groups excluding carboxylic acids is 3. The second-order valence-corrected chi connectivity index (χ2v) is 22.8. The van der Waals surface area contributed by atoms with Gasteiger partial charge >= 0.3 is 6.09 Å². The van der Waals surface area contributed by atoms with Crippen molar-refractivity contribution in [2.75, 3.05) is 70.3 Å². The van der Waals surface area contributed by atoms with Crippen LogP contribution in [-0.4, -0.2) is 89.7 Å². The van der Waals surface area contributed by atoms with Gasteiger partial charge in [0.15, 0.2) is 0 Å².